The van der Waals surface area contributed by atoms with Crippen molar-refractivity contribution in [2.24, 2.45) is 0 Å². The summed E-state index contributed by atoms with van der Waals surface area (Å²) in [5, 5.41) is 49.2. The Kier molecular flexibility index (Phi) is 6.45. The first-order chi connectivity index (χ1) is 13.5. The summed E-state index contributed by atoms with van der Waals surface area (Å²) in [6.45, 7) is 1.61. The Balaban J connectivity index is 1.90. The maximum absolute atomic E-state index is 10.4. The number of nitrogens with zero attached hydrogens (tertiary/aromatic N) is 1. The zero-order valence-electron chi connectivity index (χ0n) is 15.7. The molecule has 1 aliphatic heterocycles. The van der Waals surface area contributed by atoms with Gasteiger partial charge in [0.1, 0.15) is 30.5 Å². The van der Waals surface area contributed by atoms with Crippen molar-refractivity contribution in [2.45, 2.75) is 50.3 Å². The molecule has 1 aliphatic rings. The molecule has 3 rings (SSSR count). The third-order valence-corrected chi connectivity index (χ3v) is 5.30. The molecular weight excluding hydrogens is 358 g/mol. The molecule has 5 unspecified atom stereocenters. The van der Waals surface area contributed by atoms with Crippen molar-refractivity contribution in [3.05, 3.63) is 70.3 Å². The van der Waals surface area contributed by atoms with Crippen LogP contribution in [0.15, 0.2) is 42.5 Å². The van der Waals surface area contributed by atoms with E-state index < -0.39 is 37.1 Å². The van der Waals surface area contributed by atoms with E-state index in [1.54, 1.807) is 18.2 Å². The van der Waals surface area contributed by atoms with E-state index in [9.17, 15) is 25.7 Å². The summed E-state index contributed by atoms with van der Waals surface area (Å²) in [5.41, 5.74) is 4.17. The highest BCUT2D eigenvalue weighted by atomic mass is 16.5. The van der Waals surface area contributed by atoms with Crippen LogP contribution in [0.5, 0.6) is 0 Å². The topological polar surface area (TPSA) is 114 Å². The minimum atomic E-state index is -1.43. The van der Waals surface area contributed by atoms with Crippen molar-refractivity contribution < 1.29 is 25.2 Å². The lowest BCUT2D eigenvalue weighted by Crippen LogP contribution is -2.55. The third-order valence-electron chi connectivity index (χ3n) is 5.30. The summed E-state index contributed by atoms with van der Waals surface area (Å²) in [7, 11) is 0. The quantitative estimate of drug-likeness (QED) is 0.617. The molecule has 0 aromatic heterocycles. The van der Waals surface area contributed by atoms with E-state index in [1.807, 2.05) is 12.1 Å². The fourth-order valence-corrected chi connectivity index (χ4v) is 3.54. The van der Waals surface area contributed by atoms with Crippen LogP contribution >= 0.6 is 0 Å². The Hall–Kier alpha value is -2.27. The number of nitriles is 1. The van der Waals surface area contributed by atoms with Crippen LogP contribution in [0, 0.1) is 11.3 Å². The highest BCUT2D eigenvalue weighted by molar-refractivity contribution is 5.44. The summed E-state index contributed by atoms with van der Waals surface area (Å²) in [6, 6.07) is 15.5. The zero-order valence-corrected chi connectivity index (χ0v) is 15.7. The average molecular weight is 383 g/mol. The molecule has 2 aromatic rings. The monoisotopic (exact) mass is 383 g/mol. The molecule has 1 fully saturated rings. The molecule has 0 spiro atoms. The lowest BCUT2D eigenvalue weighted by Gasteiger charge is -2.40. The Morgan fingerprint density at radius 2 is 1.64 bits per heavy atom. The molecule has 0 saturated carbocycles. The van der Waals surface area contributed by atoms with Crippen molar-refractivity contribution in [3.63, 3.8) is 0 Å². The molecule has 6 nitrogen and oxygen atoms in total. The number of hydrogen-bond acceptors (Lipinski definition) is 6. The van der Waals surface area contributed by atoms with Gasteiger partial charge in [0.2, 0.25) is 0 Å². The molecule has 6 heteroatoms. The average Bonchev–Trinajstić information content (AvgIpc) is 2.73. The van der Waals surface area contributed by atoms with Crippen LogP contribution < -0.4 is 0 Å². The molecule has 1 saturated heterocycles. The first-order valence-corrected chi connectivity index (χ1v) is 9.39. The molecule has 28 heavy (non-hydrogen) atoms. The van der Waals surface area contributed by atoms with Gasteiger partial charge < -0.3 is 25.2 Å². The van der Waals surface area contributed by atoms with Gasteiger partial charge in [0.15, 0.2) is 0 Å². The lowest BCUT2D eigenvalue weighted by atomic mass is 9.89. The van der Waals surface area contributed by atoms with E-state index >= 15 is 0 Å². The van der Waals surface area contributed by atoms with Crippen molar-refractivity contribution in [2.75, 3.05) is 6.61 Å². The van der Waals surface area contributed by atoms with E-state index in [2.05, 4.69) is 25.1 Å². The predicted molar refractivity (Wildman–Crippen MR) is 103 cm³/mol. The SMILES string of the molecule is CCc1ccc(Cc2cc(C3OC(CO)C(O)C(O)C3O)ccc2C#N)cc1. The van der Waals surface area contributed by atoms with E-state index in [-0.39, 0.29) is 0 Å². The van der Waals surface area contributed by atoms with Crippen molar-refractivity contribution >= 4 is 0 Å². The summed E-state index contributed by atoms with van der Waals surface area (Å²) in [4.78, 5) is 0. The van der Waals surface area contributed by atoms with Gasteiger partial charge in [-0.1, -0.05) is 43.3 Å². The first kappa shape index (κ1) is 20.5. The Morgan fingerprint density at radius 1 is 0.964 bits per heavy atom. The van der Waals surface area contributed by atoms with E-state index in [0.717, 1.165) is 17.5 Å². The molecule has 0 aliphatic carbocycles. The van der Waals surface area contributed by atoms with E-state index in [1.165, 1.54) is 5.56 Å². The second-order valence-corrected chi connectivity index (χ2v) is 7.12. The maximum Gasteiger partial charge on any atom is 0.113 e. The van der Waals surface area contributed by atoms with Crippen LogP contribution in [0.25, 0.3) is 0 Å². The number of aliphatic hydroxyl groups is 4. The second-order valence-electron chi connectivity index (χ2n) is 7.12. The molecule has 4 N–H and O–H groups in total. The lowest BCUT2D eigenvalue weighted by molar-refractivity contribution is -0.231. The van der Waals surface area contributed by atoms with Gasteiger partial charge in [0, 0.05) is 0 Å². The van der Waals surface area contributed by atoms with Gasteiger partial charge in [0.25, 0.3) is 0 Å². The fourth-order valence-electron chi connectivity index (χ4n) is 3.54. The highest BCUT2D eigenvalue weighted by Gasteiger charge is 2.44. The van der Waals surface area contributed by atoms with Crippen LogP contribution in [-0.2, 0) is 17.6 Å². The van der Waals surface area contributed by atoms with E-state index in [0.29, 0.717) is 17.5 Å². The number of aliphatic hydroxyl groups excluding tert-OH is 4. The predicted octanol–water partition coefficient (Wildman–Crippen LogP) is 1.23. The largest absolute Gasteiger partial charge is 0.394 e. The minimum absolute atomic E-state index is 0.478. The second kappa shape index (κ2) is 8.82. The molecule has 0 radical (unpaired) electrons. The summed E-state index contributed by atoms with van der Waals surface area (Å²) >= 11 is 0. The number of hydrogen-bond donors (Lipinski definition) is 4. The minimum Gasteiger partial charge on any atom is -0.394 e. The van der Waals surface area contributed by atoms with Crippen molar-refractivity contribution in [1.82, 2.24) is 0 Å². The normalized spacial score (nSPS) is 27.4. The first-order valence-electron chi connectivity index (χ1n) is 9.39. The standard InChI is InChI=1S/C22H25NO5/c1-2-13-3-5-14(6-4-13)9-17-10-15(7-8-16(17)11-23)22-21(27)20(26)19(25)18(12-24)28-22/h3-8,10,18-22,24-27H,2,9,12H2,1H3. The number of aryl methyl sites for hydroxylation is 1. The Morgan fingerprint density at radius 3 is 2.25 bits per heavy atom. The Bertz CT molecular complexity index is 843. The van der Waals surface area contributed by atoms with Crippen molar-refractivity contribution in [1.29, 1.82) is 5.26 Å². The number of rotatable bonds is 5. The highest BCUT2D eigenvalue weighted by Crippen LogP contribution is 2.33. The van der Waals surface area contributed by atoms with Crippen molar-refractivity contribution in [3.8, 4) is 6.07 Å². The third kappa shape index (κ3) is 4.09. The molecule has 1 heterocycles. The zero-order chi connectivity index (χ0) is 20.3. The maximum atomic E-state index is 10.4. The molecular formula is C22H25NO5. The van der Waals surface area contributed by atoms with E-state index in [4.69, 9.17) is 4.74 Å². The van der Waals surface area contributed by atoms with Gasteiger partial charge in [-0.15, -0.1) is 0 Å². The van der Waals surface area contributed by atoms with Crippen LogP contribution in [0.1, 0.15) is 40.8 Å². The van der Waals surface area contributed by atoms with Gasteiger partial charge in [-0.3, -0.25) is 0 Å². The van der Waals surface area contributed by atoms with Crippen LogP contribution in [0.2, 0.25) is 0 Å². The molecule has 148 valence electrons. The molecule has 0 amide bonds. The van der Waals surface area contributed by atoms with Crippen LogP contribution in [0.3, 0.4) is 0 Å². The van der Waals surface area contributed by atoms with Gasteiger partial charge in [-0.05, 0) is 41.2 Å². The smallest absolute Gasteiger partial charge is 0.113 e. The molecule has 2 aromatic carbocycles. The summed E-state index contributed by atoms with van der Waals surface area (Å²) in [6.07, 6.45) is -4.56. The summed E-state index contributed by atoms with van der Waals surface area (Å²) in [5.74, 6) is 0. The van der Waals surface area contributed by atoms with Gasteiger partial charge >= 0.3 is 0 Å². The molecule has 0 bridgehead atoms. The van der Waals surface area contributed by atoms with Gasteiger partial charge in [-0.25, -0.2) is 0 Å². The summed E-state index contributed by atoms with van der Waals surface area (Å²) < 4.78 is 5.63. The Labute approximate surface area is 164 Å². The molecule has 5 atom stereocenters. The van der Waals surface area contributed by atoms with Gasteiger partial charge in [0.05, 0.1) is 18.2 Å². The van der Waals surface area contributed by atoms with Crippen LogP contribution in [-0.4, -0.2) is 51.4 Å². The van der Waals surface area contributed by atoms with Crippen LogP contribution in [0.4, 0.5) is 0 Å². The number of benzene rings is 2. The van der Waals surface area contributed by atoms with Gasteiger partial charge in [-0.2, -0.15) is 5.26 Å². The fraction of sp³-hybridized carbons (Fsp3) is 0.409. The number of ether oxygens (including phenoxy) is 1.